The van der Waals surface area contributed by atoms with Gasteiger partial charge in [0.15, 0.2) is 0 Å². The number of ether oxygens (including phenoxy) is 1. The number of amides is 1. The fraction of sp³-hybridized carbons (Fsp3) is 0.222. The van der Waals surface area contributed by atoms with E-state index in [0.717, 1.165) is 11.1 Å². The average Bonchev–Trinajstić information content (AvgIpc) is 2.59. The summed E-state index contributed by atoms with van der Waals surface area (Å²) < 4.78 is 5.23. The van der Waals surface area contributed by atoms with Gasteiger partial charge < -0.3 is 14.7 Å². The van der Waals surface area contributed by atoms with Crippen molar-refractivity contribution in [2.45, 2.75) is 19.0 Å². The number of aliphatic carboxylic acids is 1. The van der Waals surface area contributed by atoms with Crippen LogP contribution in [0.25, 0.3) is 0 Å². The Kier molecular flexibility index (Phi) is 4.02. The Morgan fingerprint density at radius 3 is 2.43 bits per heavy atom. The topological polar surface area (TPSA) is 66.8 Å². The highest BCUT2D eigenvalue weighted by molar-refractivity contribution is 5.99. The van der Waals surface area contributed by atoms with Crippen LogP contribution in [0, 0.1) is 0 Å². The van der Waals surface area contributed by atoms with Crippen molar-refractivity contribution in [2.24, 2.45) is 0 Å². The molecule has 118 valence electrons. The summed E-state index contributed by atoms with van der Waals surface area (Å²) in [7, 11) is 1.49. The maximum Gasteiger partial charge on any atom is 0.326 e. The summed E-state index contributed by atoms with van der Waals surface area (Å²) in [5.41, 5.74) is 2.33. The number of rotatable bonds is 3. The highest BCUT2D eigenvalue weighted by Crippen LogP contribution is 2.27. The molecule has 5 nitrogen and oxygen atoms in total. The van der Waals surface area contributed by atoms with Crippen molar-refractivity contribution < 1.29 is 19.4 Å². The Morgan fingerprint density at radius 1 is 1.09 bits per heavy atom. The Labute approximate surface area is 134 Å². The van der Waals surface area contributed by atoms with E-state index in [-0.39, 0.29) is 12.5 Å². The lowest BCUT2D eigenvalue weighted by Crippen LogP contribution is -2.48. The van der Waals surface area contributed by atoms with Crippen LogP contribution >= 0.6 is 0 Å². The Balaban J connectivity index is 1.99. The number of carbonyl (C=O) groups is 2. The van der Waals surface area contributed by atoms with Gasteiger partial charge in [0, 0.05) is 13.0 Å². The van der Waals surface area contributed by atoms with Crippen LogP contribution in [0.5, 0.6) is 5.75 Å². The molecule has 0 spiro atoms. The summed E-state index contributed by atoms with van der Waals surface area (Å²) in [4.78, 5) is 25.9. The minimum Gasteiger partial charge on any atom is -0.496 e. The quantitative estimate of drug-likeness (QED) is 0.945. The molecule has 5 heteroatoms. The molecular formula is C18H17NO4. The maximum atomic E-state index is 12.9. The first kappa shape index (κ1) is 15.1. The van der Waals surface area contributed by atoms with Crippen molar-refractivity contribution >= 4 is 11.9 Å². The van der Waals surface area contributed by atoms with Crippen LogP contribution in [0.3, 0.4) is 0 Å². The average molecular weight is 311 g/mol. The molecule has 1 heterocycles. The predicted octanol–water partition coefficient (Wildman–Crippen LogP) is 2.35. The number of carbonyl (C=O) groups excluding carboxylic acids is 1. The van der Waals surface area contributed by atoms with Crippen molar-refractivity contribution in [1.82, 2.24) is 4.90 Å². The number of hydrogen-bond acceptors (Lipinski definition) is 3. The fourth-order valence-electron chi connectivity index (χ4n) is 2.93. The summed E-state index contributed by atoms with van der Waals surface area (Å²) in [6.45, 7) is 0.282. The Bertz CT molecular complexity index is 756. The second-order valence-electron chi connectivity index (χ2n) is 5.46. The molecule has 0 aliphatic carbocycles. The van der Waals surface area contributed by atoms with E-state index < -0.39 is 12.0 Å². The first-order valence-electron chi connectivity index (χ1n) is 7.35. The van der Waals surface area contributed by atoms with E-state index in [2.05, 4.69) is 0 Å². The third-order valence-electron chi connectivity index (χ3n) is 4.13. The van der Waals surface area contributed by atoms with Crippen LogP contribution in [0.1, 0.15) is 21.5 Å². The van der Waals surface area contributed by atoms with Crippen molar-refractivity contribution in [2.75, 3.05) is 7.11 Å². The molecule has 23 heavy (non-hydrogen) atoms. The number of hydrogen-bond donors (Lipinski definition) is 1. The van der Waals surface area contributed by atoms with Gasteiger partial charge in [-0.3, -0.25) is 4.79 Å². The normalized spacial score (nSPS) is 16.6. The van der Waals surface area contributed by atoms with Crippen LogP contribution in [0.2, 0.25) is 0 Å². The van der Waals surface area contributed by atoms with Gasteiger partial charge >= 0.3 is 5.97 Å². The van der Waals surface area contributed by atoms with Gasteiger partial charge in [0.2, 0.25) is 0 Å². The van der Waals surface area contributed by atoms with Crippen molar-refractivity contribution in [3.8, 4) is 5.75 Å². The number of benzene rings is 2. The van der Waals surface area contributed by atoms with Gasteiger partial charge in [-0.1, -0.05) is 36.4 Å². The molecule has 0 saturated heterocycles. The van der Waals surface area contributed by atoms with Crippen molar-refractivity contribution in [1.29, 1.82) is 0 Å². The first-order chi connectivity index (χ1) is 11.1. The highest BCUT2D eigenvalue weighted by Gasteiger charge is 2.35. The third kappa shape index (κ3) is 2.77. The van der Waals surface area contributed by atoms with Crippen LogP contribution in [0.4, 0.5) is 0 Å². The van der Waals surface area contributed by atoms with Crippen molar-refractivity contribution in [3.05, 3.63) is 65.2 Å². The Hall–Kier alpha value is -2.82. The number of carboxylic acid groups (broad SMARTS) is 1. The fourth-order valence-corrected chi connectivity index (χ4v) is 2.93. The maximum absolute atomic E-state index is 12.9. The molecule has 1 aliphatic heterocycles. The van der Waals surface area contributed by atoms with Crippen LogP contribution in [-0.4, -0.2) is 35.0 Å². The van der Waals surface area contributed by atoms with E-state index in [0.29, 0.717) is 17.7 Å². The van der Waals surface area contributed by atoms with E-state index in [1.165, 1.54) is 12.0 Å². The van der Waals surface area contributed by atoms with Gasteiger partial charge in [-0.2, -0.15) is 0 Å². The zero-order chi connectivity index (χ0) is 16.4. The molecule has 0 radical (unpaired) electrons. The summed E-state index contributed by atoms with van der Waals surface area (Å²) in [6.07, 6.45) is 0.312. The minimum atomic E-state index is -0.997. The molecule has 0 fully saturated rings. The molecule has 1 unspecified atom stereocenters. The standard InChI is InChI=1S/C18H17NO4/c1-23-16-9-5-4-8-14(16)17(20)19-11-13-7-3-2-6-12(13)10-15(19)18(21)22/h2-9,15H,10-11H2,1H3,(H,21,22). The number of fused-ring (bicyclic) bond motifs is 1. The molecule has 1 aliphatic rings. The number of para-hydroxylation sites is 1. The second-order valence-corrected chi connectivity index (χ2v) is 5.46. The number of nitrogens with zero attached hydrogens (tertiary/aromatic N) is 1. The molecule has 0 bridgehead atoms. The van der Waals surface area contributed by atoms with Gasteiger partial charge in [0.05, 0.1) is 12.7 Å². The van der Waals surface area contributed by atoms with E-state index in [1.807, 2.05) is 24.3 Å². The lowest BCUT2D eigenvalue weighted by Gasteiger charge is -2.34. The summed E-state index contributed by atoms with van der Waals surface area (Å²) in [5, 5.41) is 9.53. The van der Waals surface area contributed by atoms with E-state index in [9.17, 15) is 14.7 Å². The van der Waals surface area contributed by atoms with E-state index in [1.54, 1.807) is 24.3 Å². The molecule has 1 amide bonds. The summed E-state index contributed by atoms with van der Waals surface area (Å²) in [6, 6.07) is 13.6. The predicted molar refractivity (Wildman–Crippen MR) is 84.4 cm³/mol. The molecule has 0 aromatic heterocycles. The van der Waals surface area contributed by atoms with Gasteiger partial charge in [0.1, 0.15) is 11.8 Å². The first-order valence-corrected chi connectivity index (χ1v) is 7.35. The van der Waals surface area contributed by atoms with Gasteiger partial charge in [-0.05, 0) is 23.3 Å². The monoisotopic (exact) mass is 311 g/mol. The van der Waals surface area contributed by atoms with Crippen LogP contribution < -0.4 is 4.74 Å². The zero-order valence-corrected chi connectivity index (χ0v) is 12.7. The Morgan fingerprint density at radius 2 is 1.74 bits per heavy atom. The zero-order valence-electron chi connectivity index (χ0n) is 12.7. The van der Waals surface area contributed by atoms with Gasteiger partial charge in [-0.15, -0.1) is 0 Å². The molecule has 3 rings (SSSR count). The van der Waals surface area contributed by atoms with Crippen molar-refractivity contribution in [3.63, 3.8) is 0 Å². The van der Waals surface area contributed by atoms with E-state index >= 15 is 0 Å². The van der Waals surface area contributed by atoms with Gasteiger partial charge in [0.25, 0.3) is 5.91 Å². The van der Waals surface area contributed by atoms with Crippen LogP contribution in [0.15, 0.2) is 48.5 Å². The smallest absolute Gasteiger partial charge is 0.326 e. The third-order valence-corrected chi connectivity index (χ3v) is 4.13. The molecule has 1 N–H and O–H groups in total. The molecule has 1 atom stereocenters. The largest absolute Gasteiger partial charge is 0.496 e. The molecule has 2 aromatic rings. The second kappa shape index (κ2) is 6.12. The summed E-state index contributed by atoms with van der Waals surface area (Å²) in [5.74, 6) is -0.882. The number of methoxy groups -OCH3 is 1. The number of carboxylic acids is 1. The molecule has 2 aromatic carbocycles. The minimum absolute atomic E-state index is 0.282. The SMILES string of the molecule is COc1ccccc1C(=O)N1Cc2ccccc2CC1C(=O)O. The lowest BCUT2D eigenvalue weighted by atomic mass is 9.93. The summed E-state index contributed by atoms with van der Waals surface area (Å²) >= 11 is 0. The van der Waals surface area contributed by atoms with Gasteiger partial charge in [-0.25, -0.2) is 4.79 Å². The lowest BCUT2D eigenvalue weighted by molar-refractivity contribution is -0.142. The van der Waals surface area contributed by atoms with Crippen LogP contribution in [-0.2, 0) is 17.8 Å². The molecular weight excluding hydrogens is 294 g/mol. The highest BCUT2D eigenvalue weighted by atomic mass is 16.5. The molecule has 0 saturated carbocycles. The van der Waals surface area contributed by atoms with E-state index in [4.69, 9.17) is 4.74 Å².